The number of fused-ring (bicyclic) bond motifs is 1. The number of hydrogen-bond donors (Lipinski definition) is 0. The number of carbonyl (C=O) groups is 1. The van der Waals surface area contributed by atoms with Gasteiger partial charge in [-0.2, -0.15) is 4.31 Å². The molecule has 154 valence electrons. The van der Waals surface area contributed by atoms with E-state index >= 15 is 0 Å². The molecule has 8 heteroatoms. The van der Waals surface area contributed by atoms with Gasteiger partial charge in [0.25, 0.3) is 0 Å². The highest BCUT2D eigenvalue weighted by molar-refractivity contribution is 7.89. The van der Waals surface area contributed by atoms with Crippen molar-refractivity contribution in [3.63, 3.8) is 0 Å². The van der Waals surface area contributed by atoms with Gasteiger partial charge in [-0.25, -0.2) is 8.42 Å². The molecule has 6 nitrogen and oxygen atoms in total. The van der Waals surface area contributed by atoms with E-state index < -0.39 is 10.0 Å². The predicted molar refractivity (Wildman–Crippen MR) is 114 cm³/mol. The zero-order valence-electron chi connectivity index (χ0n) is 16.3. The second kappa shape index (κ2) is 8.07. The Morgan fingerprint density at radius 2 is 1.79 bits per heavy atom. The van der Waals surface area contributed by atoms with Gasteiger partial charge in [-0.1, -0.05) is 23.7 Å². The third-order valence-corrected chi connectivity index (χ3v) is 7.72. The van der Waals surface area contributed by atoms with Crippen molar-refractivity contribution in [2.24, 2.45) is 0 Å². The summed E-state index contributed by atoms with van der Waals surface area (Å²) in [5.74, 6) is -0.0183. The zero-order valence-corrected chi connectivity index (χ0v) is 17.9. The van der Waals surface area contributed by atoms with E-state index in [0.717, 1.165) is 23.4 Å². The molecule has 0 bridgehead atoms. The summed E-state index contributed by atoms with van der Waals surface area (Å²) in [6, 6.07) is 12.9. The number of benzene rings is 2. The van der Waals surface area contributed by atoms with Crippen LogP contribution in [0.25, 0.3) is 0 Å². The molecule has 0 atom stereocenters. The summed E-state index contributed by atoms with van der Waals surface area (Å²) in [7, 11) is -3.54. The van der Waals surface area contributed by atoms with Crippen LogP contribution in [0.5, 0.6) is 0 Å². The van der Waals surface area contributed by atoms with Crippen LogP contribution in [0.15, 0.2) is 47.4 Å². The van der Waals surface area contributed by atoms with Crippen LogP contribution in [-0.2, 0) is 27.8 Å². The molecule has 29 heavy (non-hydrogen) atoms. The summed E-state index contributed by atoms with van der Waals surface area (Å²) in [5.41, 5.74) is 2.87. The number of rotatable bonds is 4. The average Bonchev–Trinajstić information content (AvgIpc) is 3.12. The molecule has 4 rings (SSSR count). The normalized spacial score (nSPS) is 18.1. The van der Waals surface area contributed by atoms with Gasteiger partial charge in [-0.3, -0.25) is 9.69 Å². The molecule has 0 unspecified atom stereocenters. The number of anilines is 1. The fourth-order valence-corrected chi connectivity index (χ4v) is 5.72. The fraction of sp³-hybridized carbons (Fsp3) is 0.381. The first-order valence-corrected chi connectivity index (χ1v) is 11.5. The summed E-state index contributed by atoms with van der Waals surface area (Å²) in [6.07, 6.45) is 0.686. The van der Waals surface area contributed by atoms with Gasteiger partial charge in [0.05, 0.1) is 4.90 Å². The summed E-state index contributed by atoms with van der Waals surface area (Å²) >= 11 is 6.05. The van der Waals surface area contributed by atoms with Crippen LogP contribution in [0, 0.1) is 0 Å². The second-order valence-electron chi connectivity index (χ2n) is 7.52. The van der Waals surface area contributed by atoms with Crippen molar-refractivity contribution in [2.45, 2.75) is 24.8 Å². The highest BCUT2D eigenvalue weighted by Crippen LogP contribution is 2.31. The molecular weight excluding hydrogens is 410 g/mol. The van der Waals surface area contributed by atoms with E-state index in [4.69, 9.17) is 11.6 Å². The van der Waals surface area contributed by atoms with E-state index in [1.807, 2.05) is 24.3 Å². The van der Waals surface area contributed by atoms with Crippen LogP contribution < -0.4 is 4.90 Å². The number of nitrogens with zero attached hydrogens (tertiary/aromatic N) is 3. The van der Waals surface area contributed by atoms with Crippen LogP contribution in [0.2, 0.25) is 5.02 Å². The van der Waals surface area contributed by atoms with Gasteiger partial charge in [0.1, 0.15) is 0 Å². The Kier molecular flexibility index (Phi) is 5.66. The zero-order chi connectivity index (χ0) is 20.6. The molecule has 2 aliphatic rings. The molecule has 0 saturated carbocycles. The van der Waals surface area contributed by atoms with E-state index in [-0.39, 0.29) is 5.91 Å². The quantitative estimate of drug-likeness (QED) is 0.743. The van der Waals surface area contributed by atoms with Gasteiger partial charge in [0.2, 0.25) is 15.9 Å². The Morgan fingerprint density at radius 3 is 2.48 bits per heavy atom. The van der Waals surface area contributed by atoms with Crippen molar-refractivity contribution in [1.82, 2.24) is 9.21 Å². The van der Waals surface area contributed by atoms with Crippen molar-refractivity contribution >= 4 is 33.2 Å². The van der Waals surface area contributed by atoms with Gasteiger partial charge in [-0.05, 0) is 47.9 Å². The van der Waals surface area contributed by atoms with Crippen molar-refractivity contribution in [1.29, 1.82) is 0 Å². The smallest absolute Gasteiger partial charge is 0.243 e. The van der Waals surface area contributed by atoms with Crippen molar-refractivity contribution in [3.05, 3.63) is 58.6 Å². The Bertz CT molecular complexity index is 1030. The summed E-state index contributed by atoms with van der Waals surface area (Å²) in [4.78, 5) is 16.0. The Balaban J connectivity index is 1.43. The van der Waals surface area contributed by atoms with Crippen molar-refractivity contribution < 1.29 is 13.2 Å². The van der Waals surface area contributed by atoms with Gasteiger partial charge in [-0.15, -0.1) is 0 Å². The molecule has 0 aliphatic carbocycles. The van der Waals surface area contributed by atoms with Crippen LogP contribution in [0.3, 0.4) is 0 Å². The molecule has 1 saturated heterocycles. The molecule has 1 fully saturated rings. The summed E-state index contributed by atoms with van der Waals surface area (Å²) in [5, 5.41) is 0.712. The number of hydrogen-bond acceptors (Lipinski definition) is 4. The maximum absolute atomic E-state index is 13.1. The van der Waals surface area contributed by atoms with E-state index in [0.29, 0.717) is 49.1 Å². The second-order valence-corrected chi connectivity index (χ2v) is 9.90. The maximum Gasteiger partial charge on any atom is 0.243 e. The van der Waals surface area contributed by atoms with E-state index in [1.54, 1.807) is 27.4 Å². The Hall–Kier alpha value is -1.93. The SMILES string of the molecule is CC(=O)N1CCc2cc(S(=O)(=O)N3CCN(Cc4cccc(Cl)c4)CC3)ccc21. The molecule has 0 N–H and O–H groups in total. The van der Waals surface area contributed by atoms with Crippen LogP contribution in [0.1, 0.15) is 18.1 Å². The highest BCUT2D eigenvalue weighted by Gasteiger charge is 2.30. The van der Waals surface area contributed by atoms with Gasteiger partial charge in [0.15, 0.2) is 0 Å². The first-order valence-electron chi connectivity index (χ1n) is 9.72. The van der Waals surface area contributed by atoms with Crippen LogP contribution in [-0.4, -0.2) is 56.3 Å². The van der Waals surface area contributed by atoms with E-state index in [1.165, 1.54) is 6.92 Å². The third kappa shape index (κ3) is 4.19. The first kappa shape index (κ1) is 20.3. The van der Waals surface area contributed by atoms with Gasteiger partial charge < -0.3 is 4.90 Å². The summed E-state index contributed by atoms with van der Waals surface area (Å²) in [6.45, 7) is 5.16. The minimum absolute atomic E-state index is 0.0183. The molecule has 2 aromatic rings. The highest BCUT2D eigenvalue weighted by atomic mass is 35.5. The fourth-order valence-electron chi connectivity index (χ4n) is 4.04. The molecule has 0 radical (unpaired) electrons. The lowest BCUT2D eigenvalue weighted by Gasteiger charge is -2.34. The largest absolute Gasteiger partial charge is 0.312 e. The van der Waals surface area contributed by atoms with Gasteiger partial charge in [0, 0.05) is 56.9 Å². The maximum atomic E-state index is 13.1. The number of piperazine rings is 1. The lowest BCUT2D eigenvalue weighted by atomic mass is 10.2. The number of carbonyl (C=O) groups excluding carboxylic acids is 1. The predicted octanol–water partition coefficient (Wildman–Crippen LogP) is 2.76. The van der Waals surface area contributed by atoms with Gasteiger partial charge >= 0.3 is 0 Å². The average molecular weight is 434 g/mol. The summed E-state index contributed by atoms with van der Waals surface area (Å²) < 4.78 is 27.8. The lowest BCUT2D eigenvalue weighted by molar-refractivity contribution is -0.116. The van der Waals surface area contributed by atoms with Crippen LogP contribution >= 0.6 is 11.6 Å². The number of halogens is 1. The lowest BCUT2D eigenvalue weighted by Crippen LogP contribution is -2.48. The Morgan fingerprint density at radius 1 is 1.03 bits per heavy atom. The molecule has 0 aromatic heterocycles. The molecule has 2 aliphatic heterocycles. The minimum atomic E-state index is -3.54. The molecule has 2 heterocycles. The monoisotopic (exact) mass is 433 g/mol. The number of sulfonamides is 1. The molecule has 0 spiro atoms. The molecule has 1 amide bonds. The molecule has 2 aromatic carbocycles. The minimum Gasteiger partial charge on any atom is -0.312 e. The van der Waals surface area contributed by atoms with Crippen molar-refractivity contribution in [3.8, 4) is 0 Å². The standard InChI is InChI=1S/C21H24ClN3O3S/c1-16(26)25-8-7-18-14-20(5-6-21(18)25)29(27,28)24-11-9-23(10-12-24)15-17-3-2-4-19(22)13-17/h2-6,13-14H,7-12,15H2,1H3. The van der Waals surface area contributed by atoms with E-state index in [9.17, 15) is 13.2 Å². The van der Waals surface area contributed by atoms with Crippen molar-refractivity contribution in [2.75, 3.05) is 37.6 Å². The van der Waals surface area contributed by atoms with Crippen LogP contribution in [0.4, 0.5) is 5.69 Å². The third-order valence-electron chi connectivity index (χ3n) is 5.59. The van der Waals surface area contributed by atoms with E-state index in [2.05, 4.69) is 4.90 Å². The first-order chi connectivity index (χ1) is 13.8. The molecular formula is C21H24ClN3O3S. The topological polar surface area (TPSA) is 60.9 Å². The Labute approximate surface area is 176 Å². The number of amides is 1.